The molecule has 5 nitrogen and oxygen atoms in total. The van der Waals surface area contributed by atoms with Crippen LogP contribution in [0.2, 0.25) is 0 Å². The van der Waals surface area contributed by atoms with Crippen molar-refractivity contribution in [3.8, 4) is 5.75 Å². The Hall–Kier alpha value is -3.60. The van der Waals surface area contributed by atoms with Crippen LogP contribution in [-0.4, -0.2) is 34.9 Å². The van der Waals surface area contributed by atoms with Gasteiger partial charge in [-0.3, -0.25) is 9.59 Å². The van der Waals surface area contributed by atoms with Crippen LogP contribution in [0.5, 0.6) is 5.75 Å². The fourth-order valence-electron chi connectivity index (χ4n) is 4.33. The molecule has 3 aromatic carbocycles. The van der Waals surface area contributed by atoms with Gasteiger partial charge < -0.3 is 15.0 Å². The molecule has 0 heterocycles. The van der Waals surface area contributed by atoms with Gasteiger partial charge in [-0.15, -0.1) is 0 Å². The van der Waals surface area contributed by atoms with Gasteiger partial charge in [-0.05, 0) is 56.4 Å². The number of nitrogens with one attached hydrogen (secondary N) is 1. The zero-order chi connectivity index (χ0) is 27.0. The van der Waals surface area contributed by atoms with Gasteiger partial charge >= 0.3 is 0 Å². The molecule has 37 heavy (non-hydrogen) atoms. The predicted octanol–water partition coefficient (Wildman–Crippen LogP) is 6.05. The van der Waals surface area contributed by atoms with Crippen LogP contribution in [0.4, 0.5) is 0 Å². The molecular formula is C32H40N2O3. The molecular weight excluding hydrogens is 460 g/mol. The molecule has 3 rings (SSSR count). The Morgan fingerprint density at radius 1 is 0.892 bits per heavy atom. The number of aryl methyl sites for hydroxylation is 1. The molecule has 0 aliphatic heterocycles. The van der Waals surface area contributed by atoms with Gasteiger partial charge in [0, 0.05) is 18.5 Å². The maximum absolute atomic E-state index is 13.8. The largest absolute Gasteiger partial charge is 0.483 e. The monoisotopic (exact) mass is 500 g/mol. The quantitative estimate of drug-likeness (QED) is 0.369. The van der Waals surface area contributed by atoms with Gasteiger partial charge in [-0.1, -0.05) is 92.2 Å². The van der Waals surface area contributed by atoms with Crippen molar-refractivity contribution in [2.45, 2.75) is 72.0 Å². The molecule has 0 fully saturated rings. The molecule has 3 aromatic rings. The van der Waals surface area contributed by atoms with Crippen molar-refractivity contribution in [3.05, 3.63) is 101 Å². The molecule has 0 spiro atoms. The first-order valence-electron chi connectivity index (χ1n) is 13.0. The maximum Gasteiger partial charge on any atom is 0.261 e. The van der Waals surface area contributed by atoms with Crippen LogP contribution in [0.3, 0.4) is 0 Å². The topological polar surface area (TPSA) is 58.6 Å². The first kappa shape index (κ1) is 28.0. The van der Waals surface area contributed by atoms with Crippen LogP contribution >= 0.6 is 0 Å². The molecule has 0 aromatic heterocycles. The Balaban J connectivity index is 1.95. The summed E-state index contributed by atoms with van der Waals surface area (Å²) in [4.78, 5) is 29.1. The number of hydrogen-bond donors (Lipinski definition) is 1. The SMILES string of the molecule is Cc1cccc(CN(C(=O)COc2ccccc2C(C)C)[C@@H](Cc2ccccc2)C(=O)NC(C)(C)C)c1. The Kier molecular flexibility index (Phi) is 9.51. The first-order chi connectivity index (χ1) is 17.5. The second kappa shape index (κ2) is 12.6. The van der Waals surface area contributed by atoms with Gasteiger partial charge in [0.25, 0.3) is 5.91 Å². The summed E-state index contributed by atoms with van der Waals surface area (Å²) < 4.78 is 6.06. The molecule has 5 heteroatoms. The van der Waals surface area contributed by atoms with Gasteiger partial charge in [-0.25, -0.2) is 0 Å². The number of carbonyl (C=O) groups is 2. The third-order valence-corrected chi connectivity index (χ3v) is 6.10. The van der Waals surface area contributed by atoms with E-state index in [-0.39, 0.29) is 24.3 Å². The highest BCUT2D eigenvalue weighted by atomic mass is 16.5. The summed E-state index contributed by atoms with van der Waals surface area (Å²) in [6.07, 6.45) is 0.406. The van der Waals surface area contributed by atoms with Crippen molar-refractivity contribution in [3.63, 3.8) is 0 Å². The summed E-state index contributed by atoms with van der Waals surface area (Å²) in [6, 6.07) is 25.0. The molecule has 0 saturated heterocycles. The fraction of sp³-hybridized carbons (Fsp3) is 0.375. The summed E-state index contributed by atoms with van der Waals surface area (Å²) in [5.74, 6) is 0.545. The van der Waals surface area contributed by atoms with Crippen molar-refractivity contribution < 1.29 is 14.3 Å². The minimum atomic E-state index is -0.696. The zero-order valence-electron chi connectivity index (χ0n) is 23.0. The molecule has 0 bridgehead atoms. The van der Waals surface area contributed by atoms with Crippen molar-refractivity contribution >= 4 is 11.8 Å². The van der Waals surface area contributed by atoms with E-state index in [4.69, 9.17) is 4.74 Å². The molecule has 0 aliphatic rings. The zero-order valence-corrected chi connectivity index (χ0v) is 23.0. The van der Waals surface area contributed by atoms with Crippen molar-refractivity contribution in [1.82, 2.24) is 10.2 Å². The maximum atomic E-state index is 13.8. The van der Waals surface area contributed by atoms with E-state index >= 15 is 0 Å². The molecule has 1 N–H and O–H groups in total. The summed E-state index contributed by atoms with van der Waals surface area (Å²) >= 11 is 0. The Morgan fingerprint density at radius 3 is 2.19 bits per heavy atom. The van der Waals surface area contributed by atoms with Crippen molar-refractivity contribution in [1.29, 1.82) is 0 Å². The number of carbonyl (C=O) groups excluding carboxylic acids is 2. The molecule has 2 amide bonds. The third kappa shape index (κ3) is 8.49. The average Bonchev–Trinajstić information content (AvgIpc) is 2.84. The Morgan fingerprint density at radius 2 is 1.54 bits per heavy atom. The minimum absolute atomic E-state index is 0.149. The number of hydrogen-bond acceptors (Lipinski definition) is 3. The average molecular weight is 501 g/mol. The minimum Gasteiger partial charge on any atom is -0.483 e. The van der Waals surface area contributed by atoms with E-state index in [9.17, 15) is 9.59 Å². The van der Waals surface area contributed by atoms with E-state index in [1.54, 1.807) is 4.90 Å². The number of benzene rings is 3. The highest BCUT2D eigenvalue weighted by Crippen LogP contribution is 2.26. The van der Waals surface area contributed by atoms with E-state index in [2.05, 4.69) is 25.2 Å². The van der Waals surface area contributed by atoms with E-state index < -0.39 is 11.6 Å². The number of nitrogens with zero attached hydrogens (tertiary/aromatic N) is 1. The molecule has 196 valence electrons. The number of rotatable bonds is 10. The molecule has 0 unspecified atom stereocenters. The predicted molar refractivity (Wildman–Crippen MR) is 150 cm³/mol. The fourth-order valence-corrected chi connectivity index (χ4v) is 4.33. The van der Waals surface area contributed by atoms with Gasteiger partial charge in [0.15, 0.2) is 6.61 Å². The van der Waals surface area contributed by atoms with Gasteiger partial charge in [0.1, 0.15) is 11.8 Å². The van der Waals surface area contributed by atoms with Crippen LogP contribution in [0.25, 0.3) is 0 Å². The lowest BCUT2D eigenvalue weighted by atomic mass is 10.0. The smallest absolute Gasteiger partial charge is 0.261 e. The standard InChI is InChI=1S/C32H40N2O3/c1-23(2)27-17-10-11-18-29(27)37-22-30(35)34(21-26-16-12-13-24(3)19-26)28(31(36)33-32(4,5)6)20-25-14-8-7-9-15-25/h7-19,23,28H,20-22H2,1-6H3,(H,33,36)/t28-/m0/s1. The van der Waals surface area contributed by atoms with Crippen LogP contribution in [0.1, 0.15) is 62.8 Å². The van der Waals surface area contributed by atoms with E-state index in [0.717, 1.165) is 22.3 Å². The highest BCUT2D eigenvalue weighted by molar-refractivity contribution is 5.89. The van der Waals surface area contributed by atoms with Gasteiger partial charge in [0.05, 0.1) is 0 Å². The molecule has 0 aliphatic carbocycles. The van der Waals surface area contributed by atoms with Crippen LogP contribution in [0.15, 0.2) is 78.9 Å². The van der Waals surface area contributed by atoms with E-state index in [0.29, 0.717) is 18.7 Å². The van der Waals surface area contributed by atoms with Crippen LogP contribution in [-0.2, 0) is 22.6 Å². The van der Waals surface area contributed by atoms with Crippen LogP contribution < -0.4 is 10.1 Å². The second-order valence-corrected chi connectivity index (χ2v) is 10.9. The molecule has 0 radical (unpaired) electrons. The van der Waals surface area contributed by atoms with E-state index in [1.807, 2.05) is 100 Å². The number of ether oxygens (including phenoxy) is 1. The Bertz CT molecular complexity index is 1180. The summed E-state index contributed by atoms with van der Waals surface area (Å²) in [5.41, 5.74) is 3.68. The molecule has 0 saturated carbocycles. The summed E-state index contributed by atoms with van der Waals surface area (Å²) in [7, 11) is 0. The number of para-hydroxylation sites is 1. The highest BCUT2D eigenvalue weighted by Gasteiger charge is 2.32. The van der Waals surface area contributed by atoms with Crippen LogP contribution in [0, 0.1) is 6.92 Å². The normalized spacial score (nSPS) is 12.2. The van der Waals surface area contributed by atoms with E-state index in [1.165, 1.54) is 0 Å². The van der Waals surface area contributed by atoms with Gasteiger partial charge in [0.2, 0.25) is 5.91 Å². The van der Waals surface area contributed by atoms with Gasteiger partial charge in [-0.2, -0.15) is 0 Å². The second-order valence-electron chi connectivity index (χ2n) is 10.9. The molecule has 1 atom stereocenters. The third-order valence-electron chi connectivity index (χ3n) is 6.10. The lowest BCUT2D eigenvalue weighted by Gasteiger charge is -2.34. The Labute approximate surface area is 221 Å². The lowest BCUT2D eigenvalue weighted by molar-refractivity contribution is -0.143. The lowest BCUT2D eigenvalue weighted by Crippen LogP contribution is -2.55. The summed E-state index contributed by atoms with van der Waals surface area (Å²) in [6.45, 7) is 12.2. The number of amides is 2. The van der Waals surface area contributed by atoms with Crippen molar-refractivity contribution in [2.75, 3.05) is 6.61 Å². The summed E-state index contributed by atoms with van der Waals surface area (Å²) in [5, 5.41) is 3.10. The van der Waals surface area contributed by atoms with Crippen molar-refractivity contribution in [2.24, 2.45) is 0 Å². The first-order valence-corrected chi connectivity index (χ1v) is 13.0.